The van der Waals surface area contributed by atoms with Gasteiger partial charge in [0.15, 0.2) is 5.17 Å². The quantitative estimate of drug-likeness (QED) is 0.614. The van der Waals surface area contributed by atoms with Crippen LogP contribution in [0.1, 0.15) is 26.3 Å². The summed E-state index contributed by atoms with van der Waals surface area (Å²) in [5, 5.41) is 11.2. The van der Waals surface area contributed by atoms with Crippen molar-refractivity contribution in [3.05, 3.63) is 23.8 Å². The minimum atomic E-state index is -0.0393. The lowest BCUT2D eigenvalue weighted by atomic mass is 10.2. The summed E-state index contributed by atoms with van der Waals surface area (Å²) in [7, 11) is 0. The molecule has 0 aromatic heterocycles. The van der Waals surface area contributed by atoms with E-state index in [0.29, 0.717) is 17.5 Å². The summed E-state index contributed by atoms with van der Waals surface area (Å²) in [5.41, 5.74) is 1.99. The minimum absolute atomic E-state index is 0.0393. The van der Waals surface area contributed by atoms with Crippen LogP contribution in [-0.2, 0) is 4.79 Å². The normalized spacial score (nSPS) is 16.1. The van der Waals surface area contributed by atoms with Crippen LogP contribution in [0.25, 0.3) is 0 Å². The summed E-state index contributed by atoms with van der Waals surface area (Å²) >= 11 is 1.35. The first-order valence-corrected chi connectivity index (χ1v) is 8.71. The van der Waals surface area contributed by atoms with Crippen LogP contribution < -0.4 is 15.0 Å². The van der Waals surface area contributed by atoms with Crippen LogP contribution in [0.4, 0.5) is 5.69 Å². The monoisotopic (exact) mass is 334 g/mol. The lowest BCUT2D eigenvalue weighted by molar-refractivity contribution is -0.116. The van der Waals surface area contributed by atoms with Crippen LogP contribution in [0.15, 0.2) is 28.4 Å². The summed E-state index contributed by atoms with van der Waals surface area (Å²) in [4.78, 5) is 13.4. The Morgan fingerprint density at radius 1 is 1.35 bits per heavy atom. The van der Waals surface area contributed by atoms with Crippen LogP contribution in [0.2, 0.25) is 0 Å². The Bertz CT molecular complexity index is 612. The Balaban J connectivity index is 2.18. The SMILES string of the molecule is CCOc1cc(N(CC)CC)ccc1C=NN=C1NC(=O)CS1. The van der Waals surface area contributed by atoms with E-state index in [1.807, 2.05) is 19.1 Å². The second kappa shape index (κ2) is 8.57. The first kappa shape index (κ1) is 17.3. The molecule has 1 fully saturated rings. The number of benzene rings is 1. The van der Waals surface area contributed by atoms with Crippen molar-refractivity contribution in [2.75, 3.05) is 30.3 Å². The molecule has 0 spiro atoms. The van der Waals surface area contributed by atoms with Crippen LogP contribution in [0.5, 0.6) is 5.75 Å². The molecule has 7 heteroatoms. The van der Waals surface area contributed by atoms with Gasteiger partial charge in [-0.2, -0.15) is 5.10 Å². The maximum Gasteiger partial charge on any atom is 0.236 e. The predicted molar refractivity (Wildman–Crippen MR) is 96.8 cm³/mol. The highest BCUT2D eigenvalue weighted by Gasteiger charge is 2.16. The Morgan fingerprint density at radius 2 is 2.13 bits per heavy atom. The third-order valence-corrected chi connectivity index (χ3v) is 4.22. The fraction of sp³-hybridized carbons (Fsp3) is 0.438. The molecule has 1 aromatic carbocycles. The molecule has 0 unspecified atom stereocenters. The van der Waals surface area contributed by atoms with E-state index in [0.717, 1.165) is 30.1 Å². The summed E-state index contributed by atoms with van der Waals surface area (Å²) < 4.78 is 5.72. The molecule has 1 aliphatic rings. The highest BCUT2D eigenvalue weighted by molar-refractivity contribution is 8.15. The molecule has 124 valence electrons. The molecule has 1 amide bonds. The number of amidine groups is 1. The van der Waals surface area contributed by atoms with Crippen molar-refractivity contribution in [2.45, 2.75) is 20.8 Å². The van der Waals surface area contributed by atoms with Gasteiger partial charge in [0.2, 0.25) is 5.91 Å². The Kier molecular flexibility index (Phi) is 6.46. The maximum atomic E-state index is 11.1. The van der Waals surface area contributed by atoms with Gasteiger partial charge >= 0.3 is 0 Å². The zero-order valence-corrected chi connectivity index (χ0v) is 14.5. The Labute approximate surface area is 141 Å². The van der Waals surface area contributed by atoms with E-state index in [4.69, 9.17) is 4.74 Å². The van der Waals surface area contributed by atoms with Crippen LogP contribution >= 0.6 is 11.8 Å². The highest BCUT2D eigenvalue weighted by atomic mass is 32.2. The number of carbonyl (C=O) groups excluding carboxylic acids is 1. The zero-order valence-electron chi connectivity index (χ0n) is 13.7. The molecule has 2 rings (SSSR count). The molecule has 0 atom stereocenters. The van der Waals surface area contributed by atoms with E-state index in [2.05, 4.69) is 40.3 Å². The van der Waals surface area contributed by atoms with E-state index < -0.39 is 0 Å². The van der Waals surface area contributed by atoms with E-state index in [-0.39, 0.29) is 5.91 Å². The fourth-order valence-electron chi connectivity index (χ4n) is 2.22. The number of nitrogens with one attached hydrogen (secondary N) is 1. The third kappa shape index (κ3) is 4.72. The summed E-state index contributed by atoms with van der Waals surface area (Å²) in [5.74, 6) is 1.14. The second-order valence-electron chi connectivity index (χ2n) is 4.81. The van der Waals surface area contributed by atoms with Crippen molar-refractivity contribution < 1.29 is 9.53 Å². The predicted octanol–water partition coefficient (Wildman–Crippen LogP) is 2.48. The molecular formula is C16H22N4O2S. The zero-order chi connectivity index (χ0) is 16.7. The van der Waals surface area contributed by atoms with Crippen molar-refractivity contribution in [2.24, 2.45) is 10.2 Å². The maximum absolute atomic E-state index is 11.1. The number of ether oxygens (including phenoxy) is 1. The van der Waals surface area contributed by atoms with Gasteiger partial charge in [-0.25, -0.2) is 0 Å². The fourth-order valence-corrected chi connectivity index (χ4v) is 2.85. The number of amides is 1. The molecule has 0 aliphatic carbocycles. The first-order valence-electron chi connectivity index (χ1n) is 7.73. The van der Waals surface area contributed by atoms with Crippen LogP contribution in [0.3, 0.4) is 0 Å². The molecule has 0 radical (unpaired) electrons. The molecule has 0 bridgehead atoms. The van der Waals surface area contributed by atoms with Crippen molar-refractivity contribution in [3.63, 3.8) is 0 Å². The average Bonchev–Trinajstić information content (AvgIpc) is 2.96. The summed E-state index contributed by atoms with van der Waals surface area (Å²) in [6, 6.07) is 6.05. The number of anilines is 1. The lowest BCUT2D eigenvalue weighted by Crippen LogP contribution is -2.21. The lowest BCUT2D eigenvalue weighted by Gasteiger charge is -2.22. The summed E-state index contributed by atoms with van der Waals surface area (Å²) in [6.07, 6.45) is 1.65. The van der Waals surface area contributed by atoms with Gasteiger partial charge in [0, 0.05) is 30.4 Å². The number of nitrogens with zero attached hydrogens (tertiary/aromatic N) is 3. The third-order valence-electron chi connectivity index (χ3n) is 3.36. The molecule has 23 heavy (non-hydrogen) atoms. The topological polar surface area (TPSA) is 66.3 Å². The minimum Gasteiger partial charge on any atom is -0.493 e. The van der Waals surface area contributed by atoms with Crippen molar-refractivity contribution in [1.82, 2.24) is 5.32 Å². The number of rotatable bonds is 7. The smallest absolute Gasteiger partial charge is 0.236 e. The Morgan fingerprint density at radius 3 is 2.74 bits per heavy atom. The van der Waals surface area contributed by atoms with Gasteiger partial charge in [-0.1, -0.05) is 11.8 Å². The molecule has 1 aliphatic heterocycles. The second-order valence-corrected chi connectivity index (χ2v) is 5.78. The van der Waals surface area contributed by atoms with Gasteiger partial charge in [-0.05, 0) is 32.9 Å². The Hall–Kier alpha value is -2.02. The number of hydrogen-bond acceptors (Lipinski definition) is 6. The van der Waals surface area contributed by atoms with Gasteiger partial charge in [0.25, 0.3) is 0 Å². The van der Waals surface area contributed by atoms with E-state index in [1.54, 1.807) is 6.21 Å². The van der Waals surface area contributed by atoms with Crippen LogP contribution in [0, 0.1) is 0 Å². The van der Waals surface area contributed by atoms with Crippen molar-refractivity contribution in [1.29, 1.82) is 0 Å². The van der Waals surface area contributed by atoms with Crippen molar-refractivity contribution in [3.8, 4) is 5.75 Å². The molecule has 1 saturated heterocycles. The molecule has 1 aromatic rings. The standard InChI is InChI=1S/C16H22N4O2S/c1-4-20(5-2)13-8-7-12(14(9-13)22-6-3)10-17-19-16-18-15(21)11-23-16/h7-10H,4-6,11H2,1-3H3,(H,18,19,21). The van der Waals surface area contributed by atoms with Crippen molar-refractivity contribution >= 4 is 34.7 Å². The first-order chi connectivity index (χ1) is 11.2. The van der Waals surface area contributed by atoms with Gasteiger partial charge in [0.05, 0.1) is 18.6 Å². The van der Waals surface area contributed by atoms with E-state index >= 15 is 0 Å². The van der Waals surface area contributed by atoms with Crippen LogP contribution in [-0.4, -0.2) is 42.7 Å². The highest BCUT2D eigenvalue weighted by Crippen LogP contribution is 2.25. The molecule has 1 heterocycles. The molecule has 0 saturated carbocycles. The molecular weight excluding hydrogens is 312 g/mol. The number of carbonyl (C=O) groups is 1. The van der Waals surface area contributed by atoms with E-state index in [1.165, 1.54) is 11.8 Å². The van der Waals surface area contributed by atoms with E-state index in [9.17, 15) is 4.79 Å². The molecule has 6 nitrogen and oxygen atoms in total. The largest absolute Gasteiger partial charge is 0.493 e. The van der Waals surface area contributed by atoms with Gasteiger partial charge < -0.3 is 15.0 Å². The van der Waals surface area contributed by atoms with Gasteiger partial charge in [0.1, 0.15) is 5.75 Å². The van der Waals surface area contributed by atoms with Gasteiger partial charge in [-0.3, -0.25) is 4.79 Å². The number of hydrogen-bond donors (Lipinski definition) is 1. The average molecular weight is 334 g/mol. The number of thioether (sulfide) groups is 1. The molecule has 1 N–H and O–H groups in total. The summed E-state index contributed by atoms with van der Waals surface area (Å²) in [6.45, 7) is 8.69. The van der Waals surface area contributed by atoms with Gasteiger partial charge in [-0.15, -0.1) is 5.10 Å².